The molecule has 0 atom stereocenters. The molecule has 2 nitrogen and oxygen atoms in total. The van der Waals surface area contributed by atoms with E-state index in [-0.39, 0.29) is 5.56 Å². The second kappa shape index (κ2) is 5.45. The Morgan fingerprint density at radius 3 is 2.58 bits per heavy atom. The summed E-state index contributed by atoms with van der Waals surface area (Å²) in [6, 6.07) is 6.86. The summed E-state index contributed by atoms with van der Waals surface area (Å²) in [6.07, 6.45) is 11.4. The lowest BCUT2D eigenvalue weighted by atomic mass is 9.95. The van der Waals surface area contributed by atoms with E-state index in [2.05, 4.69) is 6.92 Å². The van der Waals surface area contributed by atoms with Crippen molar-refractivity contribution in [2.75, 3.05) is 0 Å². The van der Waals surface area contributed by atoms with E-state index in [1.807, 2.05) is 30.4 Å². The zero-order valence-electron chi connectivity index (χ0n) is 10.6. The first-order valence-electron chi connectivity index (χ1n) is 6.09. The van der Waals surface area contributed by atoms with Crippen molar-refractivity contribution < 1.29 is 9.90 Å². The number of rotatable bonds is 3. The number of benzene rings is 1. The summed E-state index contributed by atoms with van der Waals surface area (Å²) in [7, 11) is 0. The van der Waals surface area contributed by atoms with Crippen LogP contribution in [-0.2, 0) is 0 Å². The third-order valence-corrected chi connectivity index (χ3v) is 3.40. The largest absolute Gasteiger partial charge is 0.478 e. The Morgan fingerprint density at radius 1 is 1.32 bits per heavy atom. The summed E-state index contributed by atoms with van der Waals surface area (Å²) < 4.78 is 0. The van der Waals surface area contributed by atoms with E-state index in [1.165, 1.54) is 0 Å². The Morgan fingerprint density at radius 2 is 1.95 bits per heavy atom. The molecule has 0 saturated heterocycles. The molecule has 1 aliphatic carbocycles. The summed E-state index contributed by atoms with van der Waals surface area (Å²) in [5, 5.41) is 9.11. The fraction of sp³-hybridized carbons (Fsp3) is 0.188. The third-order valence-electron chi connectivity index (χ3n) is 3.02. The summed E-state index contributed by atoms with van der Waals surface area (Å²) >= 11 is 6.41. The molecule has 19 heavy (non-hydrogen) atoms. The SMILES string of the molecule is CC1C=CC(Cl)(/C=C/c2ccccc2C(=O)O)C=C1. The first-order valence-corrected chi connectivity index (χ1v) is 6.47. The summed E-state index contributed by atoms with van der Waals surface area (Å²) in [6.45, 7) is 2.08. The van der Waals surface area contributed by atoms with Crippen molar-refractivity contribution in [2.24, 2.45) is 5.92 Å². The Balaban J connectivity index is 2.27. The highest BCUT2D eigenvalue weighted by molar-refractivity contribution is 6.28. The van der Waals surface area contributed by atoms with Gasteiger partial charge in [0.05, 0.1) is 10.4 Å². The maximum atomic E-state index is 11.1. The van der Waals surface area contributed by atoms with Crippen molar-refractivity contribution in [3.8, 4) is 0 Å². The Labute approximate surface area is 117 Å². The van der Waals surface area contributed by atoms with Gasteiger partial charge in [-0.1, -0.05) is 61.6 Å². The van der Waals surface area contributed by atoms with Crippen LogP contribution in [0.3, 0.4) is 0 Å². The fourth-order valence-corrected chi connectivity index (χ4v) is 2.09. The molecule has 1 aromatic rings. The van der Waals surface area contributed by atoms with Crippen LogP contribution in [0.4, 0.5) is 0 Å². The molecule has 3 heteroatoms. The average Bonchev–Trinajstić information content (AvgIpc) is 2.41. The standard InChI is InChI=1S/C16H15ClO2/c1-12-6-9-16(17,10-7-12)11-8-13-4-2-3-5-14(13)15(18)19/h2-12H,1H3,(H,18,19)/b11-8+. The van der Waals surface area contributed by atoms with Crippen LogP contribution in [0.1, 0.15) is 22.8 Å². The minimum absolute atomic E-state index is 0.274. The molecule has 0 amide bonds. The predicted molar refractivity (Wildman–Crippen MR) is 78.5 cm³/mol. The van der Waals surface area contributed by atoms with Gasteiger partial charge >= 0.3 is 5.97 Å². The minimum atomic E-state index is -0.938. The van der Waals surface area contributed by atoms with E-state index in [0.717, 1.165) is 0 Å². The zero-order valence-corrected chi connectivity index (χ0v) is 11.3. The van der Waals surface area contributed by atoms with E-state index in [9.17, 15) is 4.79 Å². The van der Waals surface area contributed by atoms with Gasteiger partial charge in [-0.05, 0) is 17.5 Å². The number of hydrogen-bond donors (Lipinski definition) is 1. The van der Waals surface area contributed by atoms with Gasteiger partial charge in [0.1, 0.15) is 0 Å². The Bertz CT molecular complexity index is 556. The van der Waals surface area contributed by atoms with Crippen molar-refractivity contribution in [3.05, 3.63) is 65.8 Å². The van der Waals surface area contributed by atoms with Gasteiger partial charge in [-0.3, -0.25) is 0 Å². The maximum absolute atomic E-state index is 11.1. The van der Waals surface area contributed by atoms with Crippen LogP contribution in [-0.4, -0.2) is 16.0 Å². The van der Waals surface area contributed by atoms with Gasteiger partial charge in [0.25, 0.3) is 0 Å². The van der Waals surface area contributed by atoms with Crippen molar-refractivity contribution in [1.82, 2.24) is 0 Å². The second-order valence-electron chi connectivity index (χ2n) is 4.63. The molecule has 0 saturated carbocycles. The van der Waals surface area contributed by atoms with Crippen molar-refractivity contribution in [2.45, 2.75) is 11.8 Å². The van der Waals surface area contributed by atoms with Gasteiger partial charge < -0.3 is 5.11 Å². The molecule has 1 aromatic carbocycles. The normalized spacial score (nSPS) is 25.9. The monoisotopic (exact) mass is 274 g/mol. The number of allylic oxidation sites excluding steroid dienone is 5. The smallest absolute Gasteiger partial charge is 0.336 e. The minimum Gasteiger partial charge on any atom is -0.478 e. The van der Waals surface area contributed by atoms with Crippen LogP contribution in [0.5, 0.6) is 0 Å². The lowest BCUT2D eigenvalue weighted by Gasteiger charge is -2.19. The van der Waals surface area contributed by atoms with Gasteiger partial charge in [-0.25, -0.2) is 4.79 Å². The molecule has 1 N–H and O–H groups in total. The maximum Gasteiger partial charge on any atom is 0.336 e. The molecule has 2 rings (SSSR count). The first-order chi connectivity index (χ1) is 9.00. The van der Waals surface area contributed by atoms with Gasteiger partial charge in [0.15, 0.2) is 0 Å². The molecule has 1 aliphatic rings. The molecule has 0 spiro atoms. The van der Waals surface area contributed by atoms with Crippen LogP contribution in [0, 0.1) is 5.92 Å². The molecular weight excluding hydrogens is 260 g/mol. The topological polar surface area (TPSA) is 37.3 Å². The quantitative estimate of drug-likeness (QED) is 0.664. The van der Waals surface area contributed by atoms with Crippen LogP contribution >= 0.6 is 11.6 Å². The van der Waals surface area contributed by atoms with Gasteiger partial charge in [0.2, 0.25) is 0 Å². The molecule has 0 heterocycles. The predicted octanol–water partition coefficient (Wildman–Crippen LogP) is 4.14. The number of carboxylic acids is 1. The van der Waals surface area contributed by atoms with Gasteiger partial charge in [-0.15, -0.1) is 11.6 Å². The van der Waals surface area contributed by atoms with E-state index >= 15 is 0 Å². The molecule has 98 valence electrons. The number of carbonyl (C=O) groups is 1. The molecule has 0 radical (unpaired) electrons. The fourth-order valence-electron chi connectivity index (χ4n) is 1.88. The van der Waals surface area contributed by atoms with Crippen molar-refractivity contribution in [1.29, 1.82) is 0 Å². The molecule has 0 fully saturated rings. The average molecular weight is 275 g/mol. The third kappa shape index (κ3) is 3.36. The van der Waals surface area contributed by atoms with Gasteiger partial charge in [-0.2, -0.15) is 0 Å². The van der Waals surface area contributed by atoms with E-state index in [0.29, 0.717) is 11.5 Å². The summed E-state index contributed by atoms with van der Waals surface area (Å²) in [4.78, 5) is 10.4. The number of aromatic carboxylic acids is 1. The molecule has 0 bridgehead atoms. The van der Waals surface area contributed by atoms with Crippen LogP contribution in [0.2, 0.25) is 0 Å². The van der Waals surface area contributed by atoms with E-state index in [1.54, 1.807) is 30.4 Å². The highest BCUT2D eigenvalue weighted by Crippen LogP contribution is 2.28. The molecule has 0 aromatic heterocycles. The van der Waals surface area contributed by atoms with Crippen LogP contribution in [0.25, 0.3) is 6.08 Å². The molecular formula is C16H15ClO2. The highest BCUT2D eigenvalue weighted by atomic mass is 35.5. The summed E-state index contributed by atoms with van der Waals surface area (Å²) in [5.74, 6) is -0.557. The van der Waals surface area contributed by atoms with Crippen LogP contribution < -0.4 is 0 Å². The van der Waals surface area contributed by atoms with Crippen LogP contribution in [0.15, 0.2) is 54.6 Å². The van der Waals surface area contributed by atoms with E-state index < -0.39 is 10.8 Å². The number of alkyl halides is 1. The summed E-state index contributed by atoms with van der Waals surface area (Å²) in [5.41, 5.74) is 0.923. The molecule has 0 unspecified atom stereocenters. The number of carboxylic acid groups (broad SMARTS) is 1. The van der Waals surface area contributed by atoms with Gasteiger partial charge in [0, 0.05) is 0 Å². The Kier molecular flexibility index (Phi) is 3.91. The molecule has 0 aliphatic heterocycles. The number of hydrogen-bond acceptors (Lipinski definition) is 1. The highest BCUT2D eigenvalue weighted by Gasteiger charge is 2.19. The number of halogens is 1. The zero-order chi connectivity index (χ0) is 13.9. The van der Waals surface area contributed by atoms with Crippen molar-refractivity contribution >= 4 is 23.6 Å². The lowest BCUT2D eigenvalue weighted by Crippen LogP contribution is -2.14. The van der Waals surface area contributed by atoms with E-state index in [4.69, 9.17) is 16.7 Å². The second-order valence-corrected chi connectivity index (χ2v) is 5.29. The lowest BCUT2D eigenvalue weighted by molar-refractivity contribution is 0.0696. The Hall–Kier alpha value is -1.80. The van der Waals surface area contributed by atoms with Crippen molar-refractivity contribution in [3.63, 3.8) is 0 Å². The first kappa shape index (κ1) is 13.6.